The summed E-state index contributed by atoms with van der Waals surface area (Å²) >= 11 is 0. The van der Waals surface area contributed by atoms with E-state index >= 15 is 0 Å². The quantitative estimate of drug-likeness (QED) is 0.713. The van der Waals surface area contributed by atoms with Crippen LogP contribution in [0.15, 0.2) is 0 Å². The van der Waals surface area contributed by atoms with Crippen molar-refractivity contribution < 1.29 is 14.3 Å². The number of rotatable bonds is 5. The summed E-state index contributed by atoms with van der Waals surface area (Å²) in [6.45, 7) is 7.95. The first-order chi connectivity index (χ1) is 10.6. The molecule has 0 bridgehead atoms. The third kappa shape index (κ3) is 5.23. The lowest BCUT2D eigenvalue weighted by Crippen LogP contribution is -2.53. The van der Waals surface area contributed by atoms with Crippen molar-refractivity contribution in [3.8, 4) is 0 Å². The Morgan fingerprint density at radius 2 is 1.55 bits per heavy atom. The maximum atomic E-state index is 12.3. The van der Waals surface area contributed by atoms with Crippen molar-refractivity contribution in [3.05, 3.63) is 0 Å². The topological polar surface area (TPSA) is 79.1 Å². The van der Waals surface area contributed by atoms with Crippen LogP contribution in [0, 0.1) is 0 Å². The van der Waals surface area contributed by atoms with Crippen molar-refractivity contribution in [3.63, 3.8) is 0 Å². The summed E-state index contributed by atoms with van der Waals surface area (Å²) in [6, 6.07) is 0.0559. The predicted molar refractivity (Wildman–Crippen MR) is 83.3 cm³/mol. The zero-order valence-electron chi connectivity index (χ0n) is 13.5. The number of morpholine rings is 1. The zero-order chi connectivity index (χ0) is 15.9. The maximum Gasteiger partial charge on any atom is 0.236 e. The monoisotopic (exact) mass is 312 g/mol. The molecule has 2 saturated heterocycles. The number of carbonyl (C=O) groups excluding carboxylic acids is 2. The summed E-state index contributed by atoms with van der Waals surface area (Å²) in [4.78, 5) is 30.2. The number of hydrogen-bond acceptors (Lipinski definition) is 5. The molecule has 0 aromatic carbocycles. The number of amides is 2. The van der Waals surface area contributed by atoms with Gasteiger partial charge in [-0.25, -0.2) is 0 Å². The molecule has 22 heavy (non-hydrogen) atoms. The molecule has 1 unspecified atom stereocenters. The van der Waals surface area contributed by atoms with Gasteiger partial charge in [0.2, 0.25) is 11.8 Å². The number of hydrogen-bond donors (Lipinski definition) is 1. The third-order valence-corrected chi connectivity index (χ3v) is 4.26. The number of nitrogens with zero attached hydrogens (tertiary/aromatic N) is 3. The van der Waals surface area contributed by atoms with Gasteiger partial charge in [0.05, 0.1) is 19.8 Å². The Labute approximate surface area is 132 Å². The molecule has 2 rings (SSSR count). The lowest BCUT2D eigenvalue weighted by molar-refractivity contribution is -0.140. The van der Waals surface area contributed by atoms with Crippen molar-refractivity contribution in [1.82, 2.24) is 14.7 Å². The fourth-order valence-electron chi connectivity index (χ4n) is 2.77. The standard InChI is InChI=1S/C15H28N4O3/c1-13(16)2-3-14(20)18-4-6-19(7-5-18)15(21)12-17-8-10-22-11-9-17/h13H,2-12,16H2,1H3. The van der Waals surface area contributed by atoms with Crippen molar-refractivity contribution in [2.75, 3.05) is 59.0 Å². The van der Waals surface area contributed by atoms with Gasteiger partial charge < -0.3 is 20.3 Å². The summed E-state index contributed by atoms with van der Waals surface area (Å²) in [6.07, 6.45) is 1.22. The van der Waals surface area contributed by atoms with Gasteiger partial charge in [0, 0.05) is 51.7 Å². The number of carbonyl (C=O) groups is 2. The van der Waals surface area contributed by atoms with Crippen LogP contribution in [0.1, 0.15) is 19.8 Å². The van der Waals surface area contributed by atoms with Gasteiger partial charge in [-0.1, -0.05) is 0 Å². The molecule has 7 nitrogen and oxygen atoms in total. The van der Waals surface area contributed by atoms with Crippen molar-refractivity contribution >= 4 is 11.8 Å². The summed E-state index contributed by atoms with van der Waals surface area (Å²) < 4.78 is 5.29. The van der Waals surface area contributed by atoms with E-state index in [0.29, 0.717) is 52.4 Å². The molecule has 2 aliphatic rings. The lowest BCUT2D eigenvalue weighted by Gasteiger charge is -2.36. The SMILES string of the molecule is CC(N)CCC(=O)N1CCN(C(=O)CN2CCOCC2)CC1. The highest BCUT2D eigenvalue weighted by atomic mass is 16.5. The van der Waals surface area contributed by atoms with Crippen LogP contribution in [0.2, 0.25) is 0 Å². The Morgan fingerprint density at radius 1 is 1.00 bits per heavy atom. The van der Waals surface area contributed by atoms with E-state index in [1.807, 2.05) is 16.7 Å². The molecule has 1 atom stereocenters. The third-order valence-electron chi connectivity index (χ3n) is 4.26. The van der Waals surface area contributed by atoms with Gasteiger partial charge in [-0.3, -0.25) is 14.5 Å². The predicted octanol–water partition coefficient (Wildman–Crippen LogP) is -0.883. The van der Waals surface area contributed by atoms with Crippen LogP contribution >= 0.6 is 0 Å². The highest BCUT2D eigenvalue weighted by Gasteiger charge is 2.25. The summed E-state index contributed by atoms with van der Waals surface area (Å²) in [5.74, 6) is 0.308. The van der Waals surface area contributed by atoms with Crippen molar-refractivity contribution in [2.45, 2.75) is 25.8 Å². The van der Waals surface area contributed by atoms with Gasteiger partial charge in [0.25, 0.3) is 0 Å². The fourth-order valence-corrected chi connectivity index (χ4v) is 2.77. The fraction of sp³-hybridized carbons (Fsp3) is 0.867. The molecular formula is C15H28N4O3. The van der Waals surface area contributed by atoms with Crippen LogP contribution in [0.5, 0.6) is 0 Å². The Hall–Kier alpha value is -1.18. The molecule has 0 saturated carbocycles. The highest BCUT2D eigenvalue weighted by Crippen LogP contribution is 2.07. The van der Waals surface area contributed by atoms with Gasteiger partial charge in [0.15, 0.2) is 0 Å². The van der Waals surface area contributed by atoms with E-state index in [4.69, 9.17) is 10.5 Å². The molecule has 0 spiro atoms. The normalized spacial score (nSPS) is 21.7. The highest BCUT2D eigenvalue weighted by molar-refractivity contribution is 5.79. The number of nitrogens with two attached hydrogens (primary N) is 1. The van der Waals surface area contributed by atoms with Crippen LogP contribution in [0.25, 0.3) is 0 Å². The first-order valence-electron chi connectivity index (χ1n) is 8.17. The van der Waals surface area contributed by atoms with E-state index in [2.05, 4.69) is 4.90 Å². The number of ether oxygens (including phenoxy) is 1. The van der Waals surface area contributed by atoms with Gasteiger partial charge in [-0.05, 0) is 13.3 Å². The average molecular weight is 312 g/mol. The van der Waals surface area contributed by atoms with Crippen LogP contribution in [0.4, 0.5) is 0 Å². The smallest absolute Gasteiger partial charge is 0.236 e. The molecule has 2 N–H and O–H groups in total. The van der Waals surface area contributed by atoms with Gasteiger partial charge in [-0.15, -0.1) is 0 Å². The second-order valence-electron chi connectivity index (χ2n) is 6.17. The lowest BCUT2D eigenvalue weighted by atomic mass is 10.1. The molecule has 0 aromatic heterocycles. The Morgan fingerprint density at radius 3 is 2.09 bits per heavy atom. The van der Waals surface area contributed by atoms with Gasteiger partial charge >= 0.3 is 0 Å². The van der Waals surface area contributed by atoms with E-state index in [-0.39, 0.29) is 17.9 Å². The molecule has 2 heterocycles. The van der Waals surface area contributed by atoms with Crippen molar-refractivity contribution in [2.24, 2.45) is 5.73 Å². The largest absolute Gasteiger partial charge is 0.379 e. The maximum absolute atomic E-state index is 12.3. The molecule has 2 aliphatic heterocycles. The minimum absolute atomic E-state index is 0.0559. The molecule has 0 aromatic rings. The minimum Gasteiger partial charge on any atom is -0.379 e. The van der Waals surface area contributed by atoms with E-state index in [1.165, 1.54) is 0 Å². The first kappa shape index (κ1) is 17.2. The second kappa shape index (κ2) is 8.45. The minimum atomic E-state index is 0.0559. The van der Waals surface area contributed by atoms with Gasteiger partial charge in [0.1, 0.15) is 0 Å². The number of piperazine rings is 1. The van der Waals surface area contributed by atoms with Gasteiger partial charge in [-0.2, -0.15) is 0 Å². The molecule has 2 amide bonds. The summed E-state index contributed by atoms with van der Waals surface area (Å²) in [5.41, 5.74) is 5.68. The van der Waals surface area contributed by atoms with E-state index in [1.54, 1.807) is 0 Å². The van der Waals surface area contributed by atoms with Crippen LogP contribution in [0.3, 0.4) is 0 Å². The molecule has 0 radical (unpaired) electrons. The average Bonchev–Trinajstić information content (AvgIpc) is 2.53. The van der Waals surface area contributed by atoms with E-state index in [0.717, 1.165) is 19.5 Å². The molecule has 0 aliphatic carbocycles. The Bertz CT molecular complexity index is 375. The molecule has 7 heteroatoms. The first-order valence-corrected chi connectivity index (χ1v) is 8.17. The van der Waals surface area contributed by atoms with Crippen LogP contribution in [-0.2, 0) is 14.3 Å². The van der Waals surface area contributed by atoms with Crippen LogP contribution < -0.4 is 5.73 Å². The molecular weight excluding hydrogens is 284 g/mol. The summed E-state index contributed by atoms with van der Waals surface area (Å²) in [5, 5.41) is 0. The molecule has 126 valence electrons. The second-order valence-corrected chi connectivity index (χ2v) is 6.17. The summed E-state index contributed by atoms with van der Waals surface area (Å²) in [7, 11) is 0. The Kier molecular flexibility index (Phi) is 6.60. The van der Waals surface area contributed by atoms with Crippen LogP contribution in [-0.4, -0.2) is 91.6 Å². The van der Waals surface area contributed by atoms with E-state index < -0.39 is 0 Å². The molecule has 2 fully saturated rings. The zero-order valence-corrected chi connectivity index (χ0v) is 13.5. The van der Waals surface area contributed by atoms with E-state index in [9.17, 15) is 9.59 Å². The Balaban J connectivity index is 1.69. The van der Waals surface area contributed by atoms with Crippen molar-refractivity contribution in [1.29, 1.82) is 0 Å².